The van der Waals surface area contributed by atoms with Gasteiger partial charge in [0.05, 0.1) is 27.8 Å². The first kappa shape index (κ1) is 19.6. The second-order valence-electron chi connectivity index (χ2n) is 6.44. The van der Waals surface area contributed by atoms with Crippen LogP contribution in [0.15, 0.2) is 40.5 Å². The second kappa shape index (κ2) is 8.28. The van der Waals surface area contributed by atoms with E-state index < -0.39 is 5.82 Å². The number of benzene rings is 2. The van der Waals surface area contributed by atoms with E-state index in [1.54, 1.807) is 12.4 Å². The third kappa shape index (κ3) is 4.42. The Morgan fingerprint density at radius 2 is 2.07 bits per heavy atom. The predicted molar refractivity (Wildman–Crippen MR) is 109 cm³/mol. The van der Waals surface area contributed by atoms with Crippen molar-refractivity contribution in [3.8, 4) is 0 Å². The van der Waals surface area contributed by atoms with Crippen molar-refractivity contribution < 1.29 is 9.23 Å². The van der Waals surface area contributed by atoms with Gasteiger partial charge in [-0.3, -0.25) is 0 Å². The van der Waals surface area contributed by atoms with E-state index in [9.17, 15) is 4.39 Å². The van der Waals surface area contributed by atoms with Crippen LogP contribution < -0.4 is 0 Å². The Kier molecular flexibility index (Phi) is 6.02. The van der Waals surface area contributed by atoms with Crippen LogP contribution >= 0.6 is 23.2 Å². The molecule has 1 aliphatic rings. The highest BCUT2D eigenvalue weighted by Gasteiger charge is 2.26. The van der Waals surface area contributed by atoms with E-state index in [-0.39, 0.29) is 11.1 Å². The molecular formula is C20H20Cl2FN3O. The molecule has 142 valence electrons. The van der Waals surface area contributed by atoms with Crippen molar-refractivity contribution in [3.05, 3.63) is 62.9 Å². The lowest BCUT2D eigenvalue weighted by Gasteiger charge is -2.14. The van der Waals surface area contributed by atoms with Gasteiger partial charge in [0.25, 0.3) is 0 Å². The van der Waals surface area contributed by atoms with E-state index in [0.717, 1.165) is 17.7 Å². The number of hydrogen-bond acceptors (Lipinski definition) is 3. The minimum atomic E-state index is -0.473. The molecule has 0 saturated heterocycles. The maximum absolute atomic E-state index is 13.7. The minimum absolute atomic E-state index is 0.0855. The van der Waals surface area contributed by atoms with Crippen molar-refractivity contribution >= 4 is 40.9 Å². The molecule has 0 aromatic heterocycles. The molecule has 1 aliphatic heterocycles. The van der Waals surface area contributed by atoms with Gasteiger partial charge in [-0.1, -0.05) is 34.4 Å². The fourth-order valence-electron chi connectivity index (χ4n) is 2.76. The van der Waals surface area contributed by atoms with Crippen molar-refractivity contribution in [1.29, 1.82) is 0 Å². The number of aryl methyl sites for hydroxylation is 1. The maximum Gasteiger partial charge on any atom is 0.158 e. The van der Waals surface area contributed by atoms with Gasteiger partial charge in [0.15, 0.2) is 6.10 Å². The summed E-state index contributed by atoms with van der Waals surface area (Å²) in [5, 5.41) is 4.76. The molecule has 0 N–H and O–H groups in total. The number of rotatable bonds is 5. The van der Waals surface area contributed by atoms with Gasteiger partial charge < -0.3 is 9.74 Å². The van der Waals surface area contributed by atoms with Crippen LogP contribution in [0.2, 0.25) is 10.0 Å². The van der Waals surface area contributed by atoms with Gasteiger partial charge in [-0.15, -0.1) is 0 Å². The molecule has 0 amide bonds. The molecular weight excluding hydrogens is 388 g/mol. The number of oxime groups is 1. The number of halogens is 3. The lowest BCUT2D eigenvalue weighted by molar-refractivity contribution is 0.0853. The molecule has 2 aromatic rings. The molecule has 0 aliphatic carbocycles. The Morgan fingerprint density at radius 3 is 2.78 bits per heavy atom. The Balaban J connectivity index is 1.79. The van der Waals surface area contributed by atoms with Crippen LogP contribution in [0.3, 0.4) is 0 Å². The van der Waals surface area contributed by atoms with Crippen LogP contribution in [-0.4, -0.2) is 30.5 Å². The Hall–Kier alpha value is -2.11. The normalized spacial score (nSPS) is 16.5. The van der Waals surface area contributed by atoms with Crippen LogP contribution in [0.5, 0.6) is 0 Å². The smallest absolute Gasteiger partial charge is 0.158 e. The zero-order valence-electron chi connectivity index (χ0n) is 15.3. The van der Waals surface area contributed by atoms with E-state index in [2.05, 4.69) is 10.1 Å². The zero-order chi connectivity index (χ0) is 19.6. The highest BCUT2D eigenvalue weighted by Crippen LogP contribution is 2.37. The molecule has 3 rings (SSSR count). The van der Waals surface area contributed by atoms with Gasteiger partial charge in [-0.05, 0) is 49.2 Å². The Morgan fingerprint density at radius 1 is 1.30 bits per heavy atom. The summed E-state index contributed by atoms with van der Waals surface area (Å²) in [6, 6.07) is 8.42. The quantitative estimate of drug-likeness (QED) is 0.455. The standard InChI is InChI=1S/C20H20Cl2FN3O/c1-4-26(3)11-24-19-7-12(2)14(9-16(19)22)20-10-18(25-27-20)13-5-6-15(21)17(23)8-13/h5-9,11,20H,4,10H2,1-3H3/b24-11-. The fraction of sp³-hybridized carbons (Fsp3) is 0.300. The molecule has 2 aromatic carbocycles. The van der Waals surface area contributed by atoms with Crippen molar-refractivity contribution in [2.75, 3.05) is 13.6 Å². The van der Waals surface area contributed by atoms with Crippen LogP contribution in [-0.2, 0) is 4.84 Å². The monoisotopic (exact) mass is 407 g/mol. The predicted octanol–water partition coefficient (Wildman–Crippen LogP) is 5.92. The summed E-state index contributed by atoms with van der Waals surface area (Å²) in [7, 11) is 1.95. The summed E-state index contributed by atoms with van der Waals surface area (Å²) < 4.78 is 13.7. The Labute approximate surface area is 168 Å². The van der Waals surface area contributed by atoms with Crippen molar-refractivity contribution in [1.82, 2.24) is 4.90 Å². The van der Waals surface area contributed by atoms with Crippen LogP contribution in [0.25, 0.3) is 0 Å². The van der Waals surface area contributed by atoms with E-state index in [0.29, 0.717) is 28.4 Å². The first-order chi connectivity index (χ1) is 12.9. The summed E-state index contributed by atoms with van der Waals surface area (Å²) in [6.45, 7) is 4.89. The molecule has 0 radical (unpaired) electrons. The summed E-state index contributed by atoms with van der Waals surface area (Å²) in [6.07, 6.45) is 2.01. The molecule has 27 heavy (non-hydrogen) atoms. The van der Waals surface area contributed by atoms with Crippen LogP contribution in [0.4, 0.5) is 10.1 Å². The summed E-state index contributed by atoms with van der Waals surface area (Å²) >= 11 is 12.2. The average Bonchev–Trinajstić information content (AvgIpc) is 3.13. The molecule has 1 heterocycles. The van der Waals surface area contributed by atoms with Gasteiger partial charge >= 0.3 is 0 Å². The lowest BCUT2D eigenvalue weighted by atomic mass is 9.97. The molecule has 1 atom stereocenters. The SMILES string of the molecule is CCN(C)/C=N\c1cc(C)c(C2CC(c3ccc(Cl)c(F)c3)=NO2)cc1Cl. The third-order valence-corrected chi connectivity index (χ3v) is 5.11. The summed E-state index contributed by atoms with van der Waals surface area (Å²) in [5.41, 5.74) is 3.99. The summed E-state index contributed by atoms with van der Waals surface area (Å²) in [4.78, 5) is 12.0. The van der Waals surface area contributed by atoms with E-state index in [1.165, 1.54) is 12.1 Å². The molecule has 4 nitrogen and oxygen atoms in total. The molecule has 1 unspecified atom stereocenters. The van der Waals surface area contributed by atoms with Crippen molar-refractivity contribution in [2.24, 2.45) is 10.1 Å². The van der Waals surface area contributed by atoms with Gasteiger partial charge in [0.2, 0.25) is 0 Å². The lowest BCUT2D eigenvalue weighted by Crippen LogP contribution is -2.14. The highest BCUT2D eigenvalue weighted by molar-refractivity contribution is 6.33. The topological polar surface area (TPSA) is 37.2 Å². The summed E-state index contributed by atoms with van der Waals surface area (Å²) in [5.74, 6) is -0.473. The van der Waals surface area contributed by atoms with Gasteiger partial charge in [-0.25, -0.2) is 9.38 Å². The third-order valence-electron chi connectivity index (χ3n) is 4.50. The largest absolute Gasteiger partial charge is 0.387 e. The van der Waals surface area contributed by atoms with Gasteiger partial charge in [0.1, 0.15) is 5.82 Å². The Bertz CT molecular complexity index is 914. The van der Waals surface area contributed by atoms with Crippen LogP contribution in [0.1, 0.15) is 36.1 Å². The second-order valence-corrected chi connectivity index (χ2v) is 7.26. The molecule has 0 bridgehead atoms. The number of hydrogen-bond donors (Lipinski definition) is 0. The molecule has 0 spiro atoms. The molecule has 7 heteroatoms. The number of nitrogens with zero attached hydrogens (tertiary/aromatic N) is 3. The molecule has 0 fully saturated rings. The van der Waals surface area contributed by atoms with E-state index >= 15 is 0 Å². The minimum Gasteiger partial charge on any atom is -0.387 e. The zero-order valence-corrected chi connectivity index (χ0v) is 16.9. The van der Waals surface area contributed by atoms with Crippen molar-refractivity contribution in [3.63, 3.8) is 0 Å². The van der Waals surface area contributed by atoms with Gasteiger partial charge in [0, 0.05) is 25.6 Å². The molecule has 0 saturated carbocycles. The van der Waals surface area contributed by atoms with Crippen molar-refractivity contribution in [2.45, 2.75) is 26.4 Å². The highest BCUT2D eigenvalue weighted by atomic mass is 35.5. The number of aliphatic imine (C=N–C) groups is 1. The fourth-order valence-corrected chi connectivity index (χ4v) is 3.10. The first-order valence-corrected chi connectivity index (χ1v) is 9.37. The maximum atomic E-state index is 13.7. The van der Waals surface area contributed by atoms with Crippen LogP contribution in [0, 0.1) is 12.7 Å². The first-order valence-electron chi connectivity index (χ1n) is 8.61. The average molecular weight is 408 g/mol. The van der Waals surface area contributed by atoms with E-state index in [4.69, 9.17) is 28.0 Å². The van der Waals surface area contributed by atoms with Gasteiger partial charge in [-0.2, -0.15) is 0 Å². The van der Waals surface area contributed by atoms with E-state index in [1.807, 2.05) is 37.9 Å².